The average molecular weight is 277 g/mol. The first kappa shape index (κ1) is 16.4. The maximum Gasteiger partial charge on any atom is 0.236 e. The summed E-state index contributed by atoms with van der Waals surface area (Å²) >= 11 is 0. The van der Waals surface area contributed by atoms with Gasteiger partial charge in [0.1, 0.15) is 0 Å². The van der Waals surface area contributed by atoms with Crippen LogP contribution in [-0.4, -0.2) is 61.5 Å². The molecule has 1 atom stereocenters. The number of nitrogens with zero attached hydrogens (tertiary/aromatic N) is 4. The second-order valence-corrected chi connectivity index (χ2v) is 5.06. The molecule has 0 spiro atoms. The van der Waals surface area contributed by atoms with E-state index in [1.807, 2.05) is 19.2 Å². The number of nitrogens with one attached hydrogen (secondary N) is 1. The maximum absolute atomic E-state index is 12.3. The third-order valence-corrected chi connectivity index (χ3v) is 3.61. The van der Waals surface area contributed by atoms with Crippen molar-refractivity contribution in [1.29, 1.82) is 10.5 Å². The third-order valence-electron chi connectivity index (χ3n) is 3.61. The highest BCUT2D eigenvalue weighted by Crippen LogP contribution is 2.10. The summed E-state index contributed by atoms with van der Waals surface area (Å²) < 4.78 is 0. The molecule has 0 aliphatic carbocycles. The van der Waals surface area contributed by atoms with Gasteiger partial charge in [-0.15, -0.1) is 0 Å². The smallest absolute Gasteiger partial charge is 0.236 e. The monoisotopic (exact) mass is 277 g/mol. The van der Waals surface area contributed by atoms with E-state index in [-0.39, 0.29) is 5.91 Å². The Hall–Kier alpha value is -1.63. The second-order valence-electron chi connectivity index (χ2n) is 5.06. The molecule has 1 amide bonds. The lowest BCUT2D eigenvalue weighted by Crippen LogP contribution is -2.49. The fourth-order valence-corrected chi connectivity index (χ4v) is 2.46. The van der Waals surface area contributed by atoms with Gasteiger partial charge in [-0.05, 0) is 26.4 Å². The summed E-state index contributed by atoms with van der Waals surface area (Å²) in [6.07, 6.45) is 2.87. The molecule has 6 nitrogen and oxygen atoms in total. The number of carbonyl (C=O) groups is 1. The molecular formula is C14H23N5O. The molecule has 1 rings (SSSR count). The van der Waals surface area contributed by atoms with E-state index in [4.69, 9.17) is 10.5 Å². The van der Waals surface area contributed by atoms with Crippen molar-refractivity contribution in [3.05, 3.63) is 0 Å². The minimum atomic E-state index is 0.0206. The highest BCUT2D eigenvalue weighted by molar-refractivity contribution is 5.78. The molecule has 1 N–H and O–H groups in total. The van der Waals surface area contributed by atoms with Crippen LogP contribution in [0.25, 0.3) is 0 Å². The Bertz CT molecular complexity index is 366. The summed E-state index contributed by atoms with van der Waals surface area (Å²) in [4.78, 5) is 16.0. The lowest BCUT2D eigenvalue weighted by Gasteiger charge is -2.33. The summed E-state index contributed by atoms with van der Waals surface area (Å²) in [5.41, 5.74) is 0. The molecule has 1 aliphatic heterocycles. The van der Waals surface area contributed by atoms with Gasteiger partial charge in [0, 0.05) is 25.7 Å². The summed E-state index contributed by atoms with van der Waals surface area (Å²) in [5, 5.41) is 20.5. The largest absolute Gasteiger partial charge is 0.340 e. The normalized spacial score (nSPS) is 19.1. The van der Waals surface area contributed by atoms with E-state index < -0.39 is 0 Å². The fourth-order valence-electron chi connectivity index (χ4n) is 2.46. The van der Waals surface area contributed by atoms with E-state index in [1.165, 1.54) is 0 Å². The highest BCUT2D eigenvalue weighted by atomic mass is 16.2. The van der Waals surface area contributed by atoms with E-state index >= 15 is 0 Å². The SMILES string of the molecule is CNC1CCCN(CC(=O)N(CCC#N)CCC#N)C1. The van der Waals surface area contributed by atoms with E-state index in [0.717, 1.165) is 25.9 Å². The second kappa shape index (κ2) is 9.30. The standard InChI is InChI=1S/C14H23N5O/c1-17-13-5-2-8-18(11-13)12-14(20)19(9-3-6-15)10-4-7-16/h13,17H,2-5,8-12H2,1H3. The Morgan fingerprint density at radius 3 is 2.55 bits per heavy atom. The predicted octanol–water partition coefficient (Wildman–Crippen LogP) is 0.326. The summed E-state index contributed by atoms with van der Waals surface area (Å²) in [6.45, 7) is 3.04. The summed E-state index contributed by atoms with van der Waals surface area (Å²) in [5.74, 6) is 0.0206. The Balaban J connectivity index is 2.47. The first-order valence-electron chi connectivity index (χ1n) is 7.12. The number of nitriles is 2. The molecular weight excluding hydrogens is 254 g/mol. The number of hydrogen-bond donors (Lipinski definition) is 1. The lowest BCUT2D eigenvalue weighted by molar-refractivity contribution is -0.132. The van der Waals surface area contributed by atoms with Gasteiger partial charge in [-0.25, -0.2) is 0 Å². The van der Waals surface area contributed by atoms with Gasteiger partial charge in [0.15, 0.2) is 0 Å². The summed E-state index contributed by atoms with van der Waals surface area (Å²) in [7, 11) is 1.95. The fraction of sp³-hybridized carbons (Fsp3) is 0.786. The Morgan fingerprint density at radius 2 is 2.00 bits per heavy atom. The van der Waals surface area contributed by atoms with Crippen molar-refractivity contribution in [2.75, 3.05) is 39.8 Å². The molecule has 0 saturated carbocycles. The first-order valence-corrected chi connectivity index (χ1v) is 7.12. The molecule has 1 heterocycles. The van der Waals surface area contributed by atoms with Crippen molar-refractivity contribution in [3.63, 3.8) is 0 Å². The van der Waals surface area contributed by atoms with E-state index in [2.05, 4.69) is 10.2 Å². The molecule has 1 aliphatic rings. The van der Waals surface area contributed by atoms with E-state index in [0.29, 0.717) is 38.5 Å². The Kier molecular flexibility index (Phi) is 7.64. The Labute approximate surface area is 120 Å². The van der Waals surface area contributed by atoms with Gasteiger partial charge >= 0.3 is 0 Å². The molecule has 1 saturated heterocycles. The van der Waals surface area contributed by atoms with Crippen LogP contribution in [-0.2, 0) is 4.79 Å². The number of carbonyl (C=O) groups excluding carboxylic acids is 1. The van der Waals surface area contributed by atoms with Gasteiger partial charge in [0.05, 0.1) is 31.5 Å². The molecule has 1 unspecified atom stereocenters. The van der Waals surface area contributed by atoms with Gasteiger partial charge in [-0.2, -0.15) is 10.5 Å². The van der Waals surface area contributed by atoms with Crippen molar-refractivity contribution in [1.82, 2.24) is 15.1 Å². The van der Waals surface area contributed by atoms with Crippen molar-refractivity contribution in [3.8, 4) is 12.1 Å². The van der Waals surface area contributed by atoms with Crippen LogP contribution in [0.4, 0.5) is 0 Å². The minimum absolute atomic E-state index is 0.0206. The molecule has 20 heavy (non-hydrogen) atoms. The van der Waals surface area contributed by atoms with Gasteiger partial charge in [-0.3, -0.25) is 9.69 Å². The van der Waals surface area contributed by atoms with Crippen molar-refractivity contribution in [2.24, 2.45) is 0 Å². The molecule has 1 fully saturated rings. The van der Waals surface area contributed by atoms with Crippen molar-refractivity contribution < 1.29 is 4.79 Å². The lowest BCUT2D eigenvalue weighted by atomic mass is 10.1. The zero-order valence-corrected chi connectivity index (χ0v) is 12.1. The molecule has 0 aromatic heterocycles. The van der Waals surface area contributed by atoms with Gasteiger partial charge in [0.2, 0.25) is 5.91 Å². The third kappa shape index (κ3) is 5.56. The zero-order chi connectivity index (χ0) is 14.8. The van der Waals surface area contributed by atoms with E-state index in [1.54, 1.807) is 4.90 Å². The van der Waals surface area contributed by atoms with Crippen LogP contribution in [0, 0.1) is 22.7 Å². The van der Waals surface area contributed by atoms with Crippen LogP contribution >= 0.6 is 0 Å². The molecule has 110 valence electrons. The van der Waals surface area contributed by atoms with Crippen LogP contribution in [0.3, 0.4) is 0 Å². The zero-order valence-electron chi connectivity index (χ0n) is 12.1. The van der Waals surface area contributed by atoms with E-state index in [9.17, 15) is 4.79 Å². The summed E-state index contributed by atoms with van der Waals surface area (Å²) in [6, 6.07) is 4.55. The number of hydrogen-bond acceptors (Lipinski definition) is 5. The molecule has 0 radical (unpaired) electrons. The minimum Gasteiger partial charge on any atom is -0.340 e. The van der Waals surface area contributed by atoms with Crippen LogP contribution in [0.2, 0.25) is 0 Å². The topological polar surface area (TPSA) is 83.2 Å². The number of amides is 1. The highest BCUT2D eigenvalue weighted by Gasteiger charge is 2.22. The van der Waals surface area contributed by atoms with Crippen LogP contribution < -0.4 is 5.32 Å². The first-order chi connectivity index (χ1) is 9.71. The molecule has 0 bridgehead atoms. The van der Waals surface area contributed by atoms with Crippen LogP contribution in [0.1, 0.15) is 25.7 Å². The number of likely N-dealkylation sites (tertiary alicyclic amines) is 1. The quantitative estimate of drug-likeness (QED) is 0.725. The number of likely N-dealkylation sites (N-methyl/N-ethyl adjacent to an activating group) is 1. The Morgan fingerprint density at radius 1 is 1.35 bits per heavy atom. The molecule has 0 aromatic rings. The van der Waals surface area contributed by atoms with Crippen molar-refractivity contribution in [2.45, 2.75) is 31.7 Å². The van der Waals surface area contributed by atoms with Gasteiger partial charge in [-0.1, -0.05) is 0 Å². The number of rotatable bonds is 7. The number of piperidine rings is 1. The predicted molar refractivity (Wildman–Crippen MR) is 75.6 cm³/mol. The van der Waals surface area contributed by atoms with Crippen LogP contribution in [0.15, 0.2) is 0 Å². The van der Waals surface area contributed by atoms with Crippen molar-refractivity contribution >= 4 is 5.91 Å². The molecule has 0 aromatic carbocycles. The average Bonchev–Trinajstić information content (AvgIpc) is 2.47. The van der Waals surface area contributed by atoms with Crippen LogP contribution in [0.5, 0.6) is 0 Å². The maximum atomic E-state index is 12.3. The molecule has 6 heteroatoms. The van der Waals surface area contributed by atoms with Gasteiger partial charge in [0.25, 0.3) is 0 Å². The van der Waals surface area contributed by atoms with Gasteiger partial charge < -0.3 is 10.2 Å².